The minimum Gasteiger partial charge on any atom is -0.504 e. The summed E-state index contributed by atoms with van der Waals surface area (Å²) in [5, 5.41) is 44.7. The molecule has 0 saturated heterocycles. The molecule has 0 aromatic heterocycles. The third-order valence-corrected chi connectivity index (χ3v) is 5.47. The van der Waals surface area contributed by atoms with Gasteiger partial charge in [-0.05, 0) is 44.8 Å². The van der Waals surface area contributed by atoms with Gasteiger partial charge in [0.2, 0.25) is 0 Å². The average molecular weight is 394 g/mol. The van der Waals surface area contributed by atoms with Crippen LogP contribution in [0.3, 0.4) is 0 Å². The number of rotatable bonds is 2. The van der Waals surface area contributed by atoms with Crippen LogP contribution in [-0.4, -0.2) is 20.4 Å². The van der Waals surface area contributed by atoms with Gasteiger partial charge in [-0.3, -0.25) is 0 Å². The molecular weight excluding hydrogens is 376 g/mol. The van der Waals surface area contributed by atoms with Crippen LogP contribution in [0.2, 0.25) is 0 Å². The molecular formula is C26H18O4. The molecule has 0 saturated carbocycles. The zero-order chi connectivity index (χ0) is 20.8. The largest absolute Gasteiger partial charge is 0.504 e. The lowest BCUT2D eigenvalue weighted by molar-refractivity contribution is 0.406. The van der Waals surface area contributed by atoms with Crippen LogP contribution in [0.4, 0.5) is 0 Å². The quantitative estimate of drug-likeness (QED) is 0.271. The van der Waals surface area contributed by atoms with Crippen LogP contribution in [-0.2, 0) is 0 Å². The van der Waals surface area contributed by atoms with Gasteiger partial charge in [-0.15, -0.1) is 0 Å². The Kier molecular flexibility index (Phi) is 4.00. The van der Waals surface area contributed by atoms with Crippen molar-refractivity contribution in [1.82, 2.24) is 0 Å². The predicted octanol–water partition coefficient (Wildman–Crippen LogP) is 6.15. The van der Waals surface area contributed by atoms with Crippen molar-refractivity contribution in [3.8, 4) is 45.3 Å². The lowest BCUT2D eigenvalue weighted by Gasteiger charge is -2.14. The first-order valence-corrected chi connectivity index (χ1v) is 9.53. The second kappa shape index (κ2) is 6.71. The van der Waals surface area contributed by atoms with Crippen molar-refractivity contribution in [2.75, 3.05) is 0 Å². The van der Waals surface area contributed by atoms with Gasteiger partial charge in [-0.2, -0.15) is 0 Å². The van der Waals surface area contributed by atoms with E-state index in [4.69, 9.17) is 0 Å². The molecule has 0 aliphatic carbocycles. The molecule has 5 aromatic rings. The summed E-state index contributed by atoms with van der Waals surface area (Å²) in [4.78, 5) is 0. The van der Waals surface area contributed by atoms with E-state index in [1.165, 1.54) is 0 Å². The van der Waals surface area contributed by atoms with Gasteiger partial charge in [0.15, 0.2) is 23.0 Å². The summed E-state index contributed by atoms with van der Waals surface area (Å²) >= 11 is 0. The molecule has 4 heteroatoms. The maximum Gasteiger partial charge on any atom is 0.166 e. The van der Waals surface area contributed by atoms with Gasteiger partial charge >= 0.3 is 0 Å². The molecule has 5 rings (SSSR count). The van der Waals surface area contributed by atoms with Crippen molar-refractivity contribution in [1.29, 1.82) is 0 Å². The fraction of sp³-hybridized carbons (Fsp3) is 0. The topological polar surface area (TPSA) is 80.9 Å². The van der Waals surface area contributed by atoms with Crippen molar-refractivity contribution in [2.24, 2.45) is 0 Å². The zero-order valence-electron chi connectivity index (χ0n) is 15.9. The smallest absolute Gasteiger partial charge is 0.166 e. The second-order valence-electron chi connectivity index (χ2n) is 7.26. The number of benzene rings is 5. The molecule has 4 N–H and O–H groups in total. The predicted molar refractivity (Wildman–Crippen MR) is 119 cm³/mol. The van der Waals surface area contributed by atoms with E-state index in [0.29, 0.717) is 11.1 Å². The van der Waals surface area contributed by atoms with Crippen LogP contribution >= 0.6 is 0 Å². The fourth-order valence-corrected chi connectivity index (χ4v) is 4.03. The Hall–Kier alpha value is -4.18. The molecule has 0 radical (unpaired) electrons. The SMILES string of the molecule is Oc1cc2ccccc2c(-c2ccc(-c3c(O)c(O)cc4ccccc34)cc2)c1O. The van der Waals surface area contributed by atoms with Crippen molar-refractivity contribution >= 4 is 21.5 Å². The van der Waals surface area contributed by atoms with E-state index >= 15 is 0 Å². The molecule has 0 unspecified atom stereocenters. The van der Waals surface area contributed by atoms with Crippen LogP contribution in [0, 0.1) is 0 Å². The number of fused-ring (bicyclic) bond motifs is 2. The highest BCUT2D eigenvalue weighted by Crippen LogP contribution is 2.45. The normalized spacial score (nSPS) is 11.2. The monoisotopic (exact) mass is 394 g/mol. The highest BCUT2D eigenvalue weighted by atomic mass is 16.3. The summed E-state index contributed by atoms with van der Waals surface area (Å²) in [6, 6.07) is 25.5. The maximum absolute atomic E-state index is 10.5. The number of hydrogen-bond acceptors (Lipinski definition) is 4. The molecule has 0 aliphatic rings. The Morgan fingerprint density at radius 1 is 0.433 bits per heavy atom. The maximum atomic E-state index is 10.5. The Labute approximate surface area is 172 Å². The average Bonchev–Trinajstić information content (AvgIpc) is 2.76. The van der Waals surface area contributed by atoms with E-state index in [9.17, 15) is 20.4 Å². The number of phenols is 4. The van der Waals surface area contributed by atoms with Crippen LogP contribution in [0.25, 0.3) is 43.8 Å². The Balaban J connectivity index is 1.71. The standard InChI is InChI=1S/C26H18O4/c27-21-13-17-5-1-3-7-19(17)23(25(21)29)15-9-11-16(12-10-15)24-20-8-4-2-6-18(20)14-22(28)26(24)30/h1-14,27-30H. The third kappa shape index (κ3) is 2.70. The van der Waals surface area contributed by atoms with E-state index in [1.807, 2.05) is 72.8 Å². The van der Waals surface area contributed by atoms with Crippen molar-refractivity contribution in [3.63, 3.8) is 0 Å². The van der Waals surface area contributed by atoms with Crippen LogP contribution in [0.1, 0.15) is 0 Å². The molecule has 0 atom stereocenters. The second-order valence-corrected chi connectivity index (χ2v) is 7.26. The zero-order valence-corrected chi connectivity index (χ0v) is 15.9. The Morgan fingerprint density at radius 3 is 1.20 bits per heavy atom. The van der Waals surface area contributed by atoms with Gasteiger partial charge in [0.25, 0.3) is 0 Å². The first-order valence-electron chi connectivity index (χ1n) is 9.53. The number of aromatic hydroxyl groups is 4. The molecule has 0 spiro atoms. The van der Waals surface area contributed by atoms with Gasteiger partial charge < -0.3 is 20.4 Å². The van der Waals surface area contributed by atoms with Crippen molar-refractivity contribution < 1.29 is 20.4 Å². The van der Waals surface area contributed by atoms with E-state index < -0.39 is 0 Å². The summed E-state index contributed by atoms with van der Waals surface area (Å²) in [5.74, 6) is -0.701. The summed E-state index contributed by atoms with van der Waals surface area (Å²) in [6.45, 7) is 0. The number of phenolic OH excluding ortho intramolecular Hbond substituents is 4. The van der Waals surface area contributed by atoms with Crippen molar-refractivity contribution in [2.45, 2.75) is 0 Å². The van der Waals surface area contributed by atoms with Gasteiger partial charge in [-0.1, -0.05) is 72.8 Å². The summed E-state index contributed by atoms with van der Waals surface area (Å²) in [7, 11) is 0. The molecule has 30 heavy (non-hydrogen) atoms. The molecule has 0 aliphatic heterocycles. The molecule has 4 nitrogen and oxygen atoms in total. The highest BCUT2D eigenvalue weighted by Gasteiger charge is 2.17. The summed E-state index contributed by atoms with van der Waals surface area (Å²) < 4.78 is 0. The van der Waals surface area contributed by atoms with Crippen LogP contribution in [0.15, 0.2) is 84.9 Å². The van der Waals surface area contributed by atoms with Gasteiger partial charge in [0.1, 0.15) is 0 Å². The minimum atomic E-state index is -0.176. The molecule has 146 valence electrons. The molecule has 0 fully saturated rings. The lowest BCUT2D eigenvalue weighted by atomic mass is 9.93. The van der Waals surface area contributed by atoms with E-state index in [-0.39, 0.29) is 23.0 Å². The minimum absolute atomic E-state index is 0.174. The Bertz CT molecular complexity index is 1310. The first kappa shape index (κ1) is 17.9. The summed E-state index contributed by atoms with van der Waals surface area (Å²) in [5.41, 5.74) is 2.55. The first-order chi connectivity index (χ1) is 14.5. The molecule has 5 aromatic carbocycles. The van der Waals surface area contributed by atoms with Gasteiger partial charge in [-0.25, -0.2) is 0 Å². The van der Waals surface area contributed by atoms with E-state index in [1.54, 1.807) is 12.1 Å². The molecule has 0 bridgehead atoms. The Morgan fingerprint density at radius 2 is 0.800 bits per heavy atom. The van der Waals surface area contributed by atoms with Crippen LogP contribution in [0.5, 0.6) is 23.0 Å². The highest BCUT2D eigenvalue weighted by molar-refractivity contribution is 6.03. The number of hydrogen-bond donors (Lipinski definition) is 4. The third-order valence-electron chi connectivity index (χ3n) is 5.47. The lowest BCUT2D eigenvalue weighted by Crippen LogP contribution is -1.87. The van der Waals surface area contributed by atoms with Crippen molar-refractivity contribution in [3.05, 3.63) is 84.9 Å². The summed E-state index contributed by atoms with van der Waals surface area (Å²) in [6.07, 6.45) is 0. The van der Waals surface area contributed by atoms with Gasteiger partial charge in [0.05, 0.1) is 0 Å². The van der Waals surface area contributed by atoms with E-state index in [2.05, 4.69) is 0 Å². The molecule has 0 amide bonds. The fourth-order valence-electron chi connectivity index (χ4n) is 4.03. The molecule has 0 heterocycles. The van der Waals surface area contributed by atoms with Crippen LogP contribution < -0.4 is 0 Å². The van der Waals surface area contributed by atoms with E-state index in [0.717, 1.165) is 32.7 Å². The van der Waals surface area contributed by atoms with Gasteiger partial charge in [0, 0.05) is 11.1 Å².